The first-order chi connectivity index (χ1) is 13.7. The smallest absolute Gasteiger partial charge is 0.328 e. The summed E-state index contributed by atoms with van der Waals surface area (Å²) in [6, 6.07) is 14.4. The minimum atomic E-state index is -1.26. The molecule has 0 aromatic heterocycles. The van der Waals surface area contributed by atoms with Crippen LogP contribution < -0.4 is 0 Å². The first-order valence-corrected chi connectivity index (χ1v) is 8.74. The van der Waals surface area contributed by atoms with E-state index in [2.05, 4.69) is 12.1 Å². The molecule has 0 bridgehead atoms. The molecule has 8 nitrogen and oxygen atoms in total. The highest BCUT2D eigenvalue weighted by Crippen LogP contribution is 2.25. The normalized spacial score (nSPS) is 11.7. The molecule has 0 heterocycles. The van der Waals surface area contributed by atoms with Gasteiger partial charge in [0, 0.05) is 31.3 Å². The molecule has 0 radical (unpaired) electrons. The van der Waals surface area contributed by atoms with Crippen molar-refractivity contribution in [3.05, 3.63) is 71.8 Å². The Morgan fingerprint density at radius 3 is 1.97 bits per heavy atom. The maximum Gasteiger partial charge on any atom is 0.328 e. The van der Waals surface area contributed by atoms with E-state index in [1.165, 1.54) is 23.8 Å². The van der Waals surface area contributed by atoms with Gasteiger partial charge in [-0.3, -0.25) is 0 Å². The second-order valence-corrected chi connectivity index (χ2v) is 6.31. The van der Waals surface area contributed by atoms with Crippen LogP contribution in [-0.4, -0.2) is 62.5 Å². The van der Waals surface area contributed by atoms with Crippen LogP contribution in [0.2, 0.25) is 0 Å². The Kier molecular flexibility index (Phi) is 9.94. The van der Waals surface area contributed by atoms with Crippen molar-refractivity contribution in [2.45, 2.75) is 12.5 Å². The summed E-state index contributed by atoms with van der Waals surface area (Å²) < 4.78 is 0. The van der Waals surface area contributed by atoms with E-state index in [1.54, 1.807) is 0 Å². The zero-order valence-electron chi connectivity index (χ0n) is 16.0. The summed E-state index contributed by atoms with van der Waals surface area (Å²) in [6.07, 6.45) is 1.28. The van der Waals surface area contributed by atoms with Gasteiger partial charge in [-0.05, 0) is 36.7 Å². The van der Waals surface area contributed by atoms with Crippen molar-refractivity contribution >= 4 is 11.9 Å². The predicted molar refractivity (Wildman–Crippen MR) is 107 cm³/mol. The largest absolute Gasteiger partial charge is 0.508 e. The number of phenolic OH excluding ortho intramolecular Hbond substituents is 2. The van der Waals surface area contributed by atoms with E-state index in [1.807, 2.05) is 30.1 Å². The number of benzene rings is 2. The molecule has 0 aliphatic heterocycles. The van der Waals surface area contributed by atoms with Crippen molar-refractivity contribution in [3.63, 3.8) is 0 Å². The fourth-order valence-corrected chi connectivity index (χ4v) is 2.41. The molecular weight excluding hydrogens is 378 g/mol. The third-order valence-corrected chi connectivity index (χ3v) is 3.79. The quantitative estimate of drug-likeness (QED) is 0.422. The lowest BCUT2D eigenvalue weighted by Crippen LogP contribution is -2.26. The van der Waals surface area contributed by atoms with E-state index in [0.29, 0.717) is 24.3 Å². The SMILES string of the molecule is CN(CCc1ccccc1)C[C@@H](O)c1cc(O)cc(O)c1.O=C(O)/C=C/C(=O)O. The van der Waals surface area contributed by atoms with Crippen LogP contribution in [-0.2, 0) is 16.0 Å². The maximum absolute atomic E-state index is 10.2. The fraction of sp³-hybridized carbons (Fsp3) is 0.238. The van der Waals surface area contributed by atoms with Gasteiger partial charge in [0.25, 0.3) is 0 Å². The van der Waals surface area contributed by atoms with Crippen LogP contribution in [0.5, 0.6) is 11.5 Å². The summed E-state index contributed by atoms with van der Waals surface area (Å²) in [6.45, 7) is 1.27. The van der Waals surface area contributed by atoms with Gasteiger partial charge in [0.2, 0.25) is 0 Å². The second-order valence-electron chi connectivity index (χ2n) is 6.31. The molecule has 0 unspecified atom stereocenters. The first kappa shape index (κ1) is 23.7. The summed E-state index contributed by atoms with van der Waals surface area (Å²) in [4.78, 5) is 21.1. The molecule has 5 N–H and O–H groups in total. The molecule has 2 aromatic rings. The molecule has 0 saturated heterocycles. The van der Waals surface area contributed by atoms with E-state index in [4.69, 9.17) is 10.2 Å². The number of carboxylic acid groups (broad SMARTS) is 2. The molecule has 2 rings (SSSR count). The number of aromatic hydroxyl groups is 2. The number of rotatable bonds is 8. The molecule has 8 heteroatoms. The van der Waals surface area contributed by atoms with Gasteiger partial charge >= 0.3 is 11.9 Å². The van der Waals surface area contributed by atoms with Gasteiger partial charge in [-0.2, -0.15) is 0 Å². The van der Waals surface area contributed by atoms with E-state index >= 15 is 0 Å². The molecule has 0 aliphatic carbocycles. The topological polar surface area (TPSA) is 139 Å². The Labute approximate surface area is 168 Å². The number of aliphatic hydroxyl groups is 1. The van der Waals surface area contributed by atoms with Crippen LogP contribution in [0, 0.1) is 0 Å². The van der Waals surface area contributed by atoms with Crippen molar-refractivity contribution in [3.8, 4) is 11.5 Å². The monoisotopic (exact) mass is 403 g/mol. The average Bonchev–Trinajstić information content (AvgIpc) is 2.65. The number of likely N-dealkylation sites (N-methyl/N-ethyl adjacent to an activating group) is 1. The standard InChI is InChI=1S/C17H21NO3.C4H4O4/c1-18(8-7-13-5-3-2-4-6-13)12-17(21)14-9-15(19)11-16(20)10-14;5-3(6)1-2-4(7)8/h2-6,9-11,17,19-21H,7-8,12H2,1H3;1-2H,(H,5,6)(H,7,8)/b;2-1+/t17-;/m1./s1. The molecule has 0 saturated carbocycles. The number of aliphatic carboxylic acids is 2. The lowest BCUT2D eigenvalue weighted by atomic mass is 10.1. The summed E-state index contributed by atoms with van der Waals surface area (Å²) in [5.74, 6) is -2.60. The second kappa shape index (κ2) is 12.2. The lowest BCUT2D eigenvalue weighted by molar-refractivity contribution is -0.134. The zero-order chi connectivity index (χ0) is 21.8. The summed E-state index contributed by atoms with van der Waals surface area (Å²) in [5.41, 5.74) is 1.77. The number of phenols is 2. The van der Waals surface area contributed by atoms with Crippen molar-refractivity contribution in [1.82, 2.24) is 4.90 Å². The highest BCUT2D eigenvalue weighted by atomic mass is 16.4. The average molecular weight is 403 g/mol. The molecule has 0 aliphatic rings. The van der Waals surface area contributed by atoms with Gasteiger partial charge in [0.1, 0.15) is 11.5 Å². The van der Waals surface area contributed by atoms with Crippen LogP contribution >= 0.6 is 0 Å². The zero-order valence-corrected chi connectivity index (χ0v) is 16.0. The van der Waals surface area contributed by atoms with Crippen molar-refractivity contribution in [1.29, 1.82) is 0 Å². The Morgan fingerprint density at radius 1 is 0.966 bits per heavy atom. The number of aliphatic hydroxyl groups excluding tert-OH is 1. The summed E-state index contributed by atoms with van der Waals surface area (Å²) >= 11 is 0. The molecule has 2 aromatic carbocycles. The summed E-state index contributed by atoms with van der Waals surface area (Å²) in [5, 5.41) is 44.7. The molecule has 156 valence electrons. The molecule has 0 amide bonds. The maximum atomic E-state index is 10.2. The van der Waals surface area contributed by atoms with E-state index in [-0.39, 0.29) is 11.5 Å². The minimum absolute atomic E-state index is 0.0454. The third kappa shape index (κ3) is 10.5. The van der Waals surface area contributed by atoms with Gasteiger partial charge in [-0.25, -0.2) is 9.59 Å². The minimum Gasteiger partial charge on any atom is -0.508 e. The van der Waals surface area contributed by atoms with Crippen LogP contribution in [0.15, 0.2) is 60.7 Å². The van der Waals surface area contributed by atoms with Crippen molar-refractivity contribution < 1.29 is 35.1 Å². The van der Waals surface area contributed by atoms with Gasteiger partial charge in [-0.1, -0.05) is 30.3 Å². The highest BCUT2D eigenvalue weighted by molar-refractivity contribution is 5.89. The first-order valence-electron chi connectivity index (χ1n) is 8.74. The fourth-order valence-electron chi connectivity index (χ4n) is 2.41. The van der Waals surface area contributed by atoms with Gasteiger partial charge in [0.15, 0.2) is 0 Å². The molecular formula is C21H25NO7. The van der Waals surface area contributed by atoms with Crippen LogP contribution in [0.4, 0.5) is 0 Å². The van der Waals surface area contributed by atoms with E-state index in [9.17, 15) is 24.9 Å². The molecule has 29 heavy (non-hydrogen) atoms. The number of nitrogens with zero attached hydrogens (tertiary/aromatic N) is 1. The van der Waals surface area contributed by atoms with Gasteiger partial charge < -0.3 is 30.4 Å². The number of carbonyl (C=O) groups is 2. The van der Waals surface area contributed by atoms with Gasteiger partial charge in [0.05, 0.1) is 6.10 Å². The molecule has 1 atom stereocenters. The number of hydrogen-bond acceptors (Lipinski definition) is 6. The Bertz CT molecular complexity index is 785. The van der Waals surface area contributed by atoms with Crippen LogP contribution in [0.1, 0.15) is 17.2 Å². The van der Waals surface area contributed by atoms with Crippen molar-refractivity contribution in [2.24, 2.45) is 0 Å². The van der Waals surface area contributed by atoms with Crippen LogP contribution in [0.3, 0.4) is 0 Å². The molecule has 0 spiro atoms. The van der Waals surface area contributed by atoms with E-state index in [0.717, 1.165) is 13.0 Å². The molecule has 0 fully saturated rings. The Hall–Kier alpha value is -3.36. The third-order valence-electron chi connectivity index (χ3n) is 3.79. The predicted octanol–water partition coefficient (Wildman–Crippen LogP) is 2.02. The number of hydrogen-bond donors (Lipinski definition) is 5. The van der Waals surface area contributed by atoms with Crippen LogP contribution in [0.25, 0.3) is 0 Å². The number of carboxylic acids is 2. The van der Waals surface area contributed by atoms with Crippen molar-refractivity contribution in [2.75, 3.05) is 20.1 Å². The lowest BCUT2D eigenvalue weighted by Gasteiger charge is -2.21. The highest BCUT2D eigenvalue weighted by Gasteiger charge is 2.12. The summed E-state index contributed by atoms with van der Waals surface area (Å²) in [7, 11) is 1.94. The van der Waals surface area contributed by atoms with E-state index < -0.39 is 18.0 Å². The van der Waals surface area contributed by atoms with Gasteiger partial charge in [-0.15, -0.1) is 0 Å². The Balaban J connectivity index is 0.000000447. The Morgan fingerprint density at radius 2 is 1.48 bits per heavy atom.